The van der Waals surface area contributed by atoms with Crippen molar-refractivity contribution >= 4 is 12.0 Å². The molecule has 1 aromatic rings. The van der Waals surface area contributed by atoms with Gasteiger partial charge in [0.2, 0.25) is 5.67 Å². The first-order valence-corrected chi connectivity index (χ1v) is 9.14. The molecule has 3 rings (SSSR count). The average Bonchev–Trinajstić information content (AvgIpc) is 2.97. The van der Waals surface area contributed by atoms with Crippen molar-refractivity contribution in [2.24, 2.45) is 0 Å². The Labute approximate surface area is 153 Å². The van der Waals surface area contributed by atoms with Crippen molar-refractivity contribution in [3.63, 3.8) is 0 Å². The van der Waals surface area contributed by atoms with Crippen LogP contribution in [0.15, 0.2) is 30.3 Å². The van der Waals surface area contributed by atoms with Gasteiger partial charge in [-0.3, -0.25) is 4.79 Å². The molecule has 1 aliphatic heterocycles. The van der Waals surface area contributed by atoms with Gasteiger partial charge in [0, 0.05) is 6.54 Å². The van der Waals surface area contributed by atoms with Crippen LogP contribution < -0.4 is 5.32 Å². The minimum Gasteiger partial charge on any atom is -0.444 e. The molecule has 0 radical (unpaired) electrons. The fourth-order valence-electron chi connectivity index (χ4n) is 4.10. The zero-order valence-corrected chi connectivity index (χ0v) is 15.8. The monoisotopic (exact) mass is 362 g/mol. The lowest BCUT2D eigenvalue weighted by Crippen LogP contribution is -2.60. The van der Waals surface area contributed by atoms with E-state index in [0.717, 1.165) is 5.56 Å². The van der Waals surface area contributed by atoms with E-state index in [1.165, 1.54) is 0 Å². The van der Waals surface area contributed by atoms with Crippen LogP contribution in [-0.4, -0.2) is 40.3 Å². The first-order valence-electron chi connectivity index (χ1n) is 9.14. The highest BCUT2D eigenvalue weighted by molar-refractivity contribution is 5.92. The van der Waals surface area contributed by atoms with Crippen LogP contribution in [0.25, 0.3) is 0 Å². The highest BCUT2D eigenvalue weighted by Gasteiger charge is 2.69. The number of fused-ring (bicyclic) bond motifs is 1. The van der Waals surface area contributed by atoms with Crippen LogP contribution >= 0.6 is 0 Å². The second-order valence-electron chi connectivity index (χ2n) is 8.38. The second-order valence-corrected chi connectivity index (χ2v) is 8.38. The summed E-state index contributed by atoms with van der Waals surface area (Å²) in [5.41, 5.74) is -3.04. The number of ether oxygens (including phenoxy) is 1. The molecular formula is C20H27FN2O3. The Kier molecular flexibility index (Phi) is 4.49. The van der Waals surface area contributed by atoms with E-state index in [1.54, 1.807) is 25.7 Å². The van der Waals surface area contributed by atoms with E-state index in [4.69, 9.17) is 4.74 Å². The molecule has 2 amide bonds. The molecule has 2 aliphatic rings. The summed E-state index contributed by atoms with van der Waals surface area (Å²) in [6.45, 7) is 7.30. The van der Waals surface area contributed by atoms with Gasteiger partial charge in [-0.25, -0.2) is 9.18 Å². The third-order valence-corrected chi connectivity index (χ3v) is 5.41. The van der Waals surface area contributed by atoms with Crippen LogP contribution in [0.1, 0.15) is 58.6 Å². The fourth-order valence-corrected chi connectivity index (χ4v) is 4.10. The summed E-state index contributed by atoms with van der Waals surface area (Å²) >= 11 is 0. The number of carbonyl (C=O) groups is 2. The molecule has 6 heteroatoms. The van der Waals surface area contributed by atoms with Gasteiger partial charge in [-0.05, 0) is 52.5 Å². The molecular weight excluding hydrogens is 335 g/mol. The molecule has 142 valence electrons. The maximum Gasteiger partial charge on any atom is 0.408 e. The van der Waals surface area contributed by atoms with Crippen molar-refractivity contribution in [2.75, 3.05) is 6.54 Å². The van der Waals surface area contributed by atoms with Crippen molar-refractivity contribution in [1.82, 2.24) is 10.2 Å². The van der Waals surface area contributed by atoms with Crippen LogP contribution in [0, 0.1) is 0 Å². The third kappa shape index (κ3) is 3.06. The van der Waals surface area contributed by atoms with Gasteiger partial charge in [0.15, 0.2) is 0 Å². The number of hydrogen-bond donors (Lipinski definition) is 1. The molecule has 1 saturated heterocycles. The molecule has 1 N–H and O–H groups in total. The van der Waals surface area contributed by atoms with E-state index in [2.05, 4.69) is 5.32 Å². The lowest BCUT2D eigenvalue weighted by Gasteiger charge is -2.33. The Bertz CT molecular complexity index is 703. The third-order valence-electron chi connectivity index (χ3n) is 5.41. The quantitative estimate of drug-likeness (QED) is 0.891. The predicted octanol–water partition coefficient (Wildman–Crippen LogP) is 3.75. The van der Waals surface area contributed by atoms with Gasteiger partial charge < -0.3 is 15.0 Å². The van der Waals surface area contributed by atoms with Crippen molar-refractivity contribution in [3.05, 3.63) is 35.9 Å². The van der Waals surface area contributed by atoms with Gasteiger partial charge in [-0.15, -0.1) is 0 Å². The number of hydrogen-bond acceptors (Lipinski definition) is 3. The predicted molar refractivity (Wildman–Crippen MR) is 96.4 cm³/mol. The lowest BCUT2D eigenvalue weighted by atomic mass is 9.87. The van der Waals surface area contributed by atoms with Crippen molar-refractivity contribution in [2.45, 2.75) is 69.8 Å². The maximum absolute atomic E-state index is 15.8. The molecule has 0 aromatic heterocycles. The summed E-state index contributed by atoms with van der Waals surface area (Å²) in [4.78, 5) is 26.8. The Hall–Kier alpha value is -2.11. The SMILES string of the molecule is C[C@H](c1ccccc1)N1C[C@]2(NC(=O)OC(C)(C)C)CCC[C@]2(F)C1=O. The first-order chi connectivity index (χ1) is 12.1. The molecule has 26 heavy (non-hydrogen) atoms. The Morgan fingerprint density at radius 2 is 1.92 bits per heavy atom. The topological polar surface area (TPSA) is 58.6 Å². The molecule has 0 unspecified atom stereocenters. The molecule has 1 aliphatic carbocycles. The minimum atomic E-state index is -2.08. The van der Waals surface area contributed by atoms with Crippen molar-refractivity contribution in [3.8, 4) is 0 Å². The van der Waals surface area contributed by atoms with Gasteiger partial charge in [0.05, 0.1) is 6.04 Å². The molecule has 3 atom stereocenters. The zero-order valence-electron chi connectivity index (χ0n) is 15.8. The van der Waals surface area contributed by atoms with Gasteiger partial charge in [0.25, 0.3) is 5.91 Å². The highest BCUT2D eigenvalue weighted by Crippen LogP contribution is 2.50. The van der Waals surface area contributed by atoms with Crippen LogP contribution in [0.5, 0.6) is 0 Å². The molecule has 1 heterocycles. The van der Waals surface area contributed by atoms with Gasteiger partial charge in [-0.1, -0.05) is 30.3 Å². The summed E-state index contributed by atoms with van der Waals surface area (Å²) in [6.07, 6.45) is 0.431. The number of carbonyl (C=O) groups excluding carboxylic acids is 2. The van der Waals surface area contributed by atoms with Crippen LogP contribution in [0.4, 0.5) is 9.18 Å². The van der Waals surface area contributed by atoms with Gasteiger partial charge in [0.1, 0.15) is 11.1 Å². The molecule has 1 saturated carbocycles. The second kappa shape index (κ2) is 6.25. The number of likely N-dealkylation sites (tertiary alicyclic amines) is 1. The largest absolute Gasteiger partial charge is 0.444 e. The molecule has 0 spiro atoms. The number of halogens is 1. The summed E-state index contributed by atoms with van der Waals surface area (Å²) in [7, 11) is 0. The summed E-state index contributed by atoms with van der Waals surface area (Å²) < 4.78 is 21.1. The average molecular weight is 362 g/mol. The van der Waals surface area contributed by atoms with Crippen molar-refractivity contribution < 1.29 is 18.7 Å². The van der Waals surface area contributed by atoms with E-state index < -0.39 is 28.8 Å². The fraction of sp³-hybridized carbons (Fsp3) is 0.600. The summed E-state index contributed by atoms with van der Waals surface area (Å²) in [5.74, 6) is -0.539. The molecule has 1 aromatic carbocycles. The zero-order chi connectivity index (χ0) is 19.2. The van der Waals surface area contributed by atoms with E-state index >= 15 is 4.39 Å². The highest BCUT2D eigenvalue weighted by atomic mass is 19.1. The van der Waals surface area contributed by atoms with Crippen molar-refractivity contribution in [1.29, 1.82) is 0 Å². The van der Waals surface area contributed by atoms with Gasteiger partial charge in [-0.2, -0.15) is 0 Å². The molecule has 0 bridgehead atoms. The Balaban J connectivity index is 1.86. The van der Waals surface area contributed by atoms with E-state index in [0.29, 0.717) is 12.8 Å². The van der Waals surface area contributed by atoms with Crippen LogP contribution in [0.3, 0.4) is 0 Å². The number of rotatable bonds is 3. The molecule has 5 nitrogen and oxygen atoms in total. The number of nitrogens with one attached hydrogen (secondary N) is 1. The lowest BCUT2D eigenvalue weighted by molar-refractivity contribution is -0.140. The number of alkyl carbamates (subject to hydrolysis) is 1. The Morgan fingerprint density at radius 3 is 2.54 bits per heavy atom. The van der Waals surface area contributed by atoms with Gasteiger partial charge >= 0.3 is 6.09 Å². The maximum atomic E-state index is 15.8. The number of benzene rings is 1. The van der Waals surface area contributed by atoms with Crippen LogP contribution in [-0.2, 0) is 9.53 Å². The smallest absolute Gasteiger partial charge is 0.408 e. The Morgan fingerprint density at radius 1 is 1.27 bits per heavy atom. The number of amides is 2. The first kappa shape index (κ1) is 18.7. The summed E-state index contributed by atoms with van der Waals surface area (Å²) in [6, 6.07) is 9.27. The summed E-state index contributed by atoms with van der Waals surface area (Å²) in [5, 5.41) is 2.72. The normalized spacial score (nSPS) is 29.4. The van der Waals surface area contributed by atoms with E-state index in [-0.39, 0.29) is 19.0 Å². The van der Waals surface area contributed by atoms with E-state index in [9.17, 15) is 9.59 Å². The number of alkyl halides is 1. The van der Waals surface area contributed by atoms with E-state index in [1.807, 2.05) is 37.3 Å². The standard InChI is InChI=1S/C20H27FN2O3/c1-14(15-9-6-5-7-10-15)23-13-19(22-17(25)26-18(2,3)4)11-8-12-20(19,21)16(23)24/h5-7,9-10,14H,8,11-13H2,1-4H3,(H,22,25)/t14-,19-,20+/m1/s1. The minimum absolute atomic E-state index is 0.125. The van der Waals surface area contributed by atoms with Crippen LogP contribution in [0.2, 0.25) is 0 Å². The molecule has 2 fully saturated rings. The number of nitrogens with zero attached hydrogens (tertiary/aromatic N) is 1.